The highest BCUT2D eigenvalue weighted by Crippen LogP contribution is 2.50. The molecule has 0 bridgehead atoms. The summed E-state index contributed by atoms with van der Waals surface area (Å²) in [6.07, 6.45) is 0. The molecule has 4 aromatic heterocycles. The minimum Gasteiger partial charge on any atom is -0.308 e. The van der Waals surface area contributed by atoms with E-state index in [1.165, 1.54) is 98.4 Å². The Kier molecular flexibility index (Phi) is 5.40. The van der Waals surface area contributed by atoms with Crippen LogP contribution >= 0.6 is 0 Å². The molecule has 2 nitrogen and oxygen atoms in total. The molecule has 0 fully saturated rings. The third-order valence-electron chi connectivity index (χ3n) is 11.2. The first-order valence-electron chi connectivity index (χ1n) is 17.5. The van der Waals surface area contributed by atoms with Gasteiger partial charge in [0.25, 0.3) is 0 Å². The van der Waals surface area contributed by atoms with Gasteiger partial charge in [0.1, 0.15) is 0 Å². The minimum atomic E-state index is 0.0253. The van der Waals surface area contributed by atoms with Gasteiger partial charge in [-0.1, -0.05) is 94.4 Å². The van der Waals surface area contributed by atoms with E-state index in [4.69, 9.17) is 0 Å². The lowest BCUT2D eigenvalue weighted by Gasteiger charge is -2.20. The zero-order valence-corrected chi connectivity index (χ0v) is 29.9. The van der Waals surface area contributed by atoms with E-state index in [9.17, 15) is 0 Å². The Morgan fingerprint density at radius 2 is 0.872 bits per heavy atom. The molecule has 0 radical (unpaired) electrons. The van der Waals surface area contributed by atoms with Crippen LogP contribution in [0.25, 0.3) is 76.2 Å². The number of rotatable bonds is 1. The Hall–Kier alpha value is -4.30. The first-order valence-corrected chi connectivity index (χ1v) is 17.5. The molecule has 0 aliphatic heterocycles. The number of hydrogen-bond donors (Lipinski definition) is 0. The molecule has 5 aromatic carbocycles. The normalized spacial score (nSPS) is 14.0. The fourth-order valence-corrected chi connectivity index (χ4v) is 8.39. The Bertz CT molecular complexity index is 2740. The van der Waals surface area contributed by atoms with E-state index in [-0.39, 0.29) is 16.2 Å². The molecule has 2 heteroatoms. The van der Waals surface area contributed by atoms with Crippen LogP contribution in [0.5, 0.6) is 0 Å². The molecule has 0 N–H and O–H groups in total. The Labute approximate surface area is 277 Å². The molecule has 0 aliphatic rings. The molecule has 0 aliphatic carbocycles. The van der Waals surface area contributed by atoms with Crippen molar-refractivity contribution in [1.29, 1.82) is 0 Å². The van der Waals surface area contributed by atoms with Gasteiger partial charge in [0.2, 0.25) is 0 Å². The van der Waals surface area contributed by atoms with Crippen molar-refractivity contribution in [3.05, 3.63) is 95.1 Å². The van der Waals surface area contributed by atoms with Crippen LogP contribution in [0.4, 0.5) is 0 Å². The van der Waals surface area contributed by atoms with Crippen molar-refractivity contribution in [2.45, 2.75) is 98.3 Å². The lowest BCUT2D eigenvalue weighted by atomic mass is 9.84. The van der Waals surface area contributed by atoms with Gasteiger partial charge in [0, 0.05) is 43.1 Å². The Morgan fingerprint density at radius 3 is 1.47 bits per heavy atom. The predicted molar refractivity (Wildman–Crippen MR) is 206 cm³/mol. The van der Waals surface area contributed by atoms with Crippen LogP contribution in [-0.2, 0) is 16.2 Å². The summed E-state index contributed by atoms with van der Waals surface area (Å²) in [4.78, 5) is 0. The maximum absolute atomic E-state index is 2.60. The molecule has 0 atom stereocenters. The standard InChI is InChI=1S/C45H46N2/c1-24(2)25-12-15-35-29(18-25)31-21-28(45(9,10)11)22-34-39-38(47(35)41(31)34)23-32-30-19-26(43(3,4)5)13-16-36(30)46-37-17-14-27(44(6,7)8)20-33(37)40(39)42(32)46/h12-24H,1-11H3. The van der Waals surface area contributed by atoms with Crippen LogP contribution in [-0.4, -0.2) is 8.80 Å². The molecular weight excluding hydrogens is 569 g/mol. The highest BCUT2D eigenvalue weighted by molar-refractivity contribution is 6.38. The van der Waals surface area contributed by atoms with Gasteiger partial charge >= 0.3 is 0 Å². The van der Waals surface area contributed by atoms with E-state index in [1.54, 1.807) is 0 Å². The number of aromatic nitrogens is 2. The van der Waals surface area contributed by atoms with Crippen LogP contribution in [0.1, 0.15) is 104 Å². The highest BCUT2D eigenvalue weighted by Gasteiger charge is 2.29. The maximum Gasteiger partial charge on any atom is 0.0628 e. The van der Waals surface area contributed by atoms with Crippen LogP contribution in [0, 0.1) is 0 Å². The van der Waals surface area contributed by atoms with E-state index < -0.39 is 0 Å². The summed E-state index contributed by atoms with van der Waals surface area (Å²) >= 11 is 0. The highest BCUT2D eigenvalue weighted by atomic mass is 14.9. The van der Waals surface area contributed by atoms with Crippen molar-refractivity contribution < 1.29 is 0 Å². The van der Waals surface area contributed by atoms with Gasteiger partial charge in [0.05, 0.1) is 33.1 Å². The average Bonchev–Trinajstić information content (AvgIpc) is 3.70. The second-order valence-corrected chi connectivity index (χ2v) is 17.8. The predicted octanol–water partition coefficient (Wildman–Crippen LogP) is 13.0. The zero-order valence-electron chi connectivity index (χ0n) is 29.9. The molecule has 236 valence electrons. The second-order valence-electron chi connectivity index (χ2n) is 17.8. The molecular formula is C45H46N2. The van der Waals surface area contributed by atoms with Crippen molar-refractivity contribution >= 4 is 76.2 Å². The van der Waals surface area contributed by atoms with Gasteiger partial charge in [-0.2, -0.15) is 0 Å². The van der Waals surface area contributed by atoms with Crippen molar-refractivity contribution in [1.82, 2.24) is 8.80 Å². The van der Waals surface area contributed by atoms with Crippen LogP contribution in [0.2, 0.25) is 0 Å². The summed E-state index contributed by atoms with van der Waals surface area (Å²) in [6.45, 7) is 25.6. The Morgan fingerprint density at radius 1 is 0.404 bits per heavy atom. The Balaban J connectivity index is 1.60. The largest absolute Gasteiger partial charge is 0.308 e. The maximum atomic E-state index is 2.60. The number of fused-ring (bicyclic) bond motifs is 13. The third kappa shape index (κ3) is 3.73. The third-order valence-corrected chi connectivity index (χ3v) is 11.2. The van der Waals surface area contributed by atoms with E-state index in [2.05, 4.69) is 158 Å². The SMILES string of the molecule is CC(C)c1ccc2c(c1)c1cc(C(C)(C)C)cc3c4c5c6cc(C(C)(C)C)ccc6n6c7ccc(C(C)(C)C)cc7c(cc4n2c13)c56. The van der Waals surface area contributed by atoms with E-state index in [0.717, 1.165) is 0 Å². The van der Waals surface area contributed by atoms with Crippen molar-refractivity contribution in [3.63, 3.8) is 0 Å². The van der Waals surface area contributed by atoms with Crippen molar-refractivity contribution in [2.24, 2.45) is 0 Å². The van der Waals surface area contributed by atoms with E-state index >= 15 is 0 Å². The van der Waals surface area contributed by atoms with Crippen LogP contribution < -0.4 is 0 Å². The van der Waals surface area contributed by atoms with Gasteiger partial charge in [-0.15, -0.1) is 0 Å². The summed E-state index contributed by atoms with van der Waals surface area (Å²) in [7, 11) is 0. The lowest BCUT2D eigenvalue weighted by molar-refractivity contribution is 0.591. The summed E-state index contributed by atoms with van der Waals surface area (Å²) in [5, 5.41) is 11.0. The molecule has 0 saturated carbocycles. The second kappa shape index (κ2) is 8.78. The van der Waals surface area contributed by atoms with Gasteiger partial charge in [-0.3, -0.25) is 0 Å². The molecule has 4 heterocycles. The van der Waals surface area contributed by atoms with Crippen LogP contribution in [0.3, 0.4) is 0 Å². The molecule has 9 rings (SSSR count). The summed E-state index contributed by atoms with van der Waals surface area (Å²) in [5.41, 5.74) is 13.7. The monoisotopic (exact) mass is 614 g/mol. The lowest BCUT2D eigenvalue weighted by Crippen LogP contribution is -2.10. The topological polar surface area (TPSA) is 8.82 Å². The number of nitrogens with zero attached hydrogens (tertiary/aromatic N) is 2. The number of hydrogen-bond acceptors (Lipinski definition) is 0. The zero-order chi connectivity index (χ0) is 33.1. The molecule has 9 aromatic rings. The minimum absolute atomic E-state index is 0.0253. The van der Waals surface area contributed by atoms with Crippen molar-refractivity contribution in [3.8, 4) is 0 Å². The first kappa shape index (κ1) is 28.9. The first-order chi connectivity index (χ1) is 22.0. The smallest absolute Gasteiger partial charge is 0.0628 e. The number of benzene rings is 5. The molecule has 0 amide bonds. The summed E-state index contributed by atoms with van der Waals surface area (Å²) in [6, 6.07) is 29.2. The molecule has 0 saturated heterocycles. The van der Waals surface area contributed by atoms with Gasteiger partial charge in [-0.25, -0.2) is 0 Å². The quantitative estimate of drug-likeness (QED) is 0.174. The van der Waals surface area contributed by atoms with Gasteiger partial charge < -0.3 is 8.80 Å². The van der Waals surface area contributed by atoms with Gasteiger partial charge in [0.15, 0.2) is 0 Å². The van der Waals surface area contributed by atoms with Crippen LogP contribution in [0.15, 0.2) is 72.8 Å². The molecule has 0 spiro atoms. The van der Waals surface area contributed by atoms with E-state index in [1.807, 2.05) is 0 Å². The average molecular weight is 615 g/mol. The van der Waals surface area contributed by atoms with Gasteiger partial charge in [-0.05, 0) is 99.0 Å². The molecule has 0 unspecified atom stereocenters. The fourth-order valence-electron chi connectivity index (χ4n) is 8.39. The van der Waals surface area contributed by atoms with E-state index in [0.29, 0.717) is 5.92 Å². The summed E-state index contributed by atoms with van der Waals surface area (Å²) < 4.78 is 5.17. The fraction of sp³-hybridized carbons (Fsp3) is 0.333. The molecule has 47 heavy (non-hydrogen) atoms. The summed E-state index contributed by atoms with van der Waals surface area (Å²) in [5.74, 6) is 0.482. The van der Waals surface area contributed by atoms with Crippen molar-refractivity contribution in [2.75, 3.05) is 0 Å².